The first-order valence-corrected chi connectivity index (χ1v) is 12.2. The second-order valence-corrected chi connectivity index (χ2v) is 9.99. The van der Waals surface area contributed by atoms with Crippen molar-refractivity contribution in [2.75, 3.05) is 6.61 Å². The van der Waals surface area contributed by atoms with E-state index in [1.165, 1.54) is 18.2 Å². The molecule has 1 heterocycles. The van der Waals surface area contributed by atoms with E-state index in [0.29, 0.717) is 11.1 Å². The van der Waals surface area contributed by atoms with Gasteiger partial charge in [-0.05, 0) is 49.2 Å². The molecule has 33 heavy (non-hydrogen) atoms. The Morgan fingerprint density at radius 2 is 1.70 bits per heavy atom. The summed E-state index contributed by atoms with van der Waals surface area (Å²) in [5, 5.41) is 0.260. The topological polar surface area (TPSA) is 80.8 Å². The van der Waals surface area contributed by atoms with Crippen LogP contribution in [0.25, 0.3) is 0 Å². The number of benzene rings is 3. The van der Waals surface area contributed by atoms with Crippen LogP contribution in [-0.4, -0.2) is 31.2 Å². The molecule has 4 rings (SSSR count). The van der Waals surface area contributed by atoms with Gasteiger partial charge < -0.3 is 4.74 Å². The van der Waals surface area contributed by atoms with E-state index in [9.17, 15) is 18.0 Å². The lowest BCUT2D eigenvalue weighted by Crippen LogP contribution is -2.48. The van der Waals surface area contributed by atoms with E-state index >= 15 is 0 Å². The lowest BCUT2D eigenvalue weighted by atomic mass is 9.81. The molecule has 2 unspecified atom stereocenters. The van der Waals surface area contributed by atoms with E-state index in [-0.39, 0.29) is 22.1 Å². The van der Waals surface area contributed by atoms with Crippen molar-refractivity contribution < 1.29 is 22.7 Å². The van der Waals surface area contributed by atoms with Crippen molar-refractivity contribution in [3.8, 4) is 0 Å². The number of hydrogen-bond acceptors (Lipinski definition) is 5. The van der Waals surface area contributed by atoms with Crippen LogP contribution in [0.2, 0.25) is 5.02 Å². The molecule has 0 saturated carbocycles. The second kappa shape index (κ2) is 9.00. The zero-order valence-corrected chi connectivity index (χ0v) is 19.6. The fourth-order valence-electron chi connectivity index (χ4n) is 4.08. The van der Waals surface area contributed by atoms with Gasteiger partial charge in [0.1, 0.15) is 5.92 Å². The molecule has 3 aromatic rings. The summed E-state index contributed by atoms with van der Waals surface area (Å²) < 4.78 is 33.8. The number of aryl methyl sites for hydroxylation is 1. The van der Waals surface area contributed by atoms with Gasteiger partial charge in [0.2, 0.25) is 0 Å². The van der Waals surface area contributed by atoms with E-state index in [4.69, 9.17) is 16.3 Å². The third-order valence-electron chi connectivity index (χ3n) is 5.61. The minimum absolute atomic E-state index is 0.0459. The van der Waals surface area contributed by atoms with E-state index in [1.54, 1.807) is 61.5 Å². The zero-order valence-electron chi connectivity index (χ0n) is 18.1. The van der Waals surface area contributed by atoms with Gasteiger partial charge in [-0.2, -0.15) is 0 Å². The number of amides is 1. The summed E-state index contributed by atoms with van der Waals surface area (Å²) in [6.45, 7) is 3.62. The quantitative estimate of drug-likeness (QED) is 0.483. The Kier molecular flexibility index (Phi) is 6.28. The van der Waals surface area contributed by atoms with E-state index in [0.717, 1.165) is 9.87 Å². The summed E-state index contributed by atoms with van der Waals surface area (Å²) in [6, 6.07) is 18.3. The molecule has 6 nitrogen and oxygen atoms in total. The minimum Gasteiger partial charge on any atom is -0.465 e. The molecule has 2 atom stereocenters. The van der Waals surface area contributed by atoms with Gasteiger partial charge in [0, 0.05) is 10.6 Å². The van der Waals surface area contributed by atoms with Gasteiger partial charge in [-0.25, -0.2) is 12.7 Å². The SMILES string of the molecule is CCOC(=O)C1c2ccc(Cl)cc2C(=O)N(S(=O)(=O)c2ccc(C)cc2)C1c1ccccc1. The monoisotopic (exact) mass is 483 g/mol. The normalized spacial score (nSPS) is 18.0. The number of hydrogen-bond donors (Lipinski definition) is 0. The van der Waals surface area contributed by atoms with Crippen molar-refractivity contribution in [1.29, 1.82) is 0 Å². The van der Waals surface area contributed by atoms with Gasteiger partial charge >= 0.3 is 5.97 Å². The molecule has 0 fully saturated rings. The average Bonchev–Trinajstić information content (AvgIpc) is 2.80. The maximum absolute atomic E-state index is 13.8. The van der Waals surface area contributed by atoms with Crippen LogP contribution in [-0.2, 0) is 19.6 Å². The van der Waals surface area contributed by atoms with Crippen LogP contribution in [0.4, 0.5) is 0 Å². The van der Waals surface area contributed by atoms with Gasteiger partial charge in [0.05, 0.1) is 17.5 Å². The third-order valence-corrected chi connectivity index (χ3v) is 7.62. The zero-order chi connectivity index (χ0) is 23.8. The number of rotatable bonds is 5. The van der Waals surface area contributed by atoms with Crippen LogP contribution in [0.5, 0.6) is 0 Å². The number of nitrogens with zero attached hydrogens (tertiary/aromatic N) is 1. The number of sulfonamides is 1. The molecule has 1 aliphatic heterocycles. The molecular weight excluding hydrogens is 462 g/mol. The predicted octanol–water partition coefficient (Wildman–Crippen LogP) is 4.88. The minimum atomic E-state index is -4.33. The maximum atomic E-state index is 13.8. The number of fused-ring (bicyclic) bond motifs is 1. The van der Waals surface area contributed by atoms with Crippen molar-refractivity contribution in [2.45, 2.75) is 30.7 Å². The van der Waals surface area contributed by atoms with Crippen molar-refractivity contribution in [3.63, 3.8) is 0 Å². The first kappa shape index (κ1) is 23.0. The summed E-state index contributed by atoms with van der Waals surface area (Å²) in [7, 11) is -4.33. The van der Waals surface area contributed by atoms with Crippen LogP contribution in [0.1, 0.15) is 45.9 Å². The first-order valence-electron chi connectivity index (χ1n) is 10.4. The third kappa shape index (κ3) is 4.14. The molecule has 8 heteroatoms. The van der Waals surface area contributed by atoms with Gasteiger partial charge in [-0.1, -0.05) is 65.7 Å². The Bertz CT molecular complexity index is 1310. The molecular formula is C25H22ClNO5S. The van der Waals surface area contributed by atoms with Crippen molar-refractivity contribution >= 4 is 33.5 Å². The molecule has 0 aromatic heterocycles. The molecule has 0 spiro atoms. The fraction of sp³-hybridized carbons (Fsp3) is 0.200. The van der Waals surface area contributed by atoms with Crippen molar-refractivity contribution in [1.82, 2.24) is 4.31 Å². The largest absolute Gasteiger partial charge is 0.465 e. The van der Waals surface area contributed by atoms with Gasteiger partial charge in [-0.15, -0.1) is 0 Å². The molecule has 3 aromatic carbocycles. The first-order chi connectivity index (χ1) is 15.8. The van der Waals surface area contributed by atoms with Crippen LogP contribution in [0.3, 0.4) is 0 Å². The molecule has 1 amide bonds. The van der Waals surface area contributed by atoms with Gasteiger partial charge in [-0.3, -0.25) is 9.59 Å². The van der Waals surface area contributed by atoms with E-state index in [2.05, 4.69) is 0 Å². The maximum Gasteiger partial charge on any atom is 0.315 e. The Morgan fingerprint density at radius 1 is 1.03 bits per heavy atom. The Labute approximate surface area is 197 Å². The molecule has 1 aliphatic rings. The van der Waals surface area contributed by atoms with Crippen LogP contribution in [0, 0.1) is 6.92 Å². The predicted molar refractivity (Wildman–Crippen MR) is 125 cm³/mol. The lowest BCUT2D eigenvalue weighted by molar-refractivity contribution is -0.146. The van der Waals surface area contributed by atoms with Gasteiger partial charge in [0.25, 0.3) is 15.9 Å². The summed E-state index contributed by atoms with van der Waals surface area (Å²) in [4.78, 5) is 26.9. The summed E-state index contributed by atoms with van der Waals surface area (Å²) >= 11 is 6.14. The Morgan fingerprint density at radius 3 is 2.33 bits per heavy atom. The Balaban J connectivity index is 2.01. The van der Waals surface area contributed by atoms with Crippen LogP contribution in [0.15, 0.2) is 77.7 Å². The number of esters is 1. The number of carbonyl (C=O) groups is 2. The average molecular weight is 484 g/mol. The van der Waals surface area contributed by atoms with Gasteiger partial charge in [0.15, 0.2) is 0 Å². The van der Waals surface area contributed by atoms with Crippen molar-refractivity contribution in [2.24, 2.45) is 0 Å². The molecule has 170 valence electrons. The summed E-state index contributed by atoms with van der Waals surface area (Å²) in [6.07, 6.45) is 0. The smallest absolute Gasteiger partial charge is 0.315 e. The van der Waals surface area contributed by atoms with E-state index < -0.39 is 33.9 Å². The second-order valence-electron chi connectivity index (χ2n) is 7.74. The highest BCUT2D eigenvalue weighted by molar-refractivity contribution is 7.89. The number of ether oxygens (including phenoxy) is 1. The summed E-state index contributed by atoms with van der Waals surface area (Å²) in [5.41, 5.74) is 1.82. The lowest BCUT2D eigenvalue weighted by Gasteiger charge is -2.40. The van der Waals surface area contributed by atoms with Crippen molar-refractivity contribution in [3.05, 3.63) is 100 Å². The molecule has 0 bridgehead atoms. The molecule has 0 aliphatic carbocycles. The molecule has 0 radical (unpaired) electrons. The highest BCUT2D eigenvalue weighted by atomic mass is 35.5. The van der Waals surface area contributed by atoms with Crippen LogP contribution >= 0.6 is 11.6 Å². The highest BCUT2D eigenvalue weighted by Gasteiger charge is 2.50. The standard InChI is InChI=1S/C25H22ClNO5S/c1-3-32-25(29)22-20-14-11-18(26)15-21(20)24(28)27(23(22)17-7-5-4-6-8-17)33(30,31)19-12-9-16(2)10-13-19/h4-15,22-23H,3H2,1-2H3. The van der Waals surface area contributed by atoms with Crippen LogP contribution < -0.4 is 0 Å². The molecule has 0 saturated heterocycles. The molecule has 0 N–H and O–H groups in total. The number of halogens is 1. The number of carbonyl (C=O) groups excluding carboxylic acids is 2. The Hall–Kier alpha value is -3.16. The van der Waals surface area contributed by atoms with E-state index in [1.807, 2.05) is 6.92 Å². The fourth-order valence-corrected chi connectivity index (χ4v) is 5.82. The summed E-state index contributed by atoms with van der Waals surface area (Å²) in [5.74, 6) is -2.42. The highest BCUT2D eigenvalue weighted by Crippen LogP contribution is 2.46.